The van der Waals surface area contributed by atoms with Crippen LogP contribution in [-0.2, 0) is 0 Å². The maximum Gasteiger partial charge on any atom is 0.255 e. The average Bonchev–Trinajstić information content (AvgIpc) is 2.69. The molecule has 2 N–H and O–H groups in total. The van der Waals surface area contributed by atoms with Crippen molar-refractivity contribution in [2.24, 2.45) is 0 Å². The zero-order valence-electron chi connectivity index (χ0n) is 14.3. The summed E-state index contributed by atoms with van der Waals surface area (Å²) < 4.78 is 0. The number of carbonyl (C=O) groups excluding carboxylic acids is 2. The van der Waals surface area contributed by atoms with E-state index in [1.54, 1.807) is 48.8 Å². The number of hydrogen-bond acceptors (Lipinski definition) is 3. The largest absolute Gasteiger partial charge is 0.345 e. The first-order chi connectivity index (χ1) is 12.6. The number of nitrogens with zero attached hydrogens (tertiary/aromatic N) is 1. The van der Waals surface area contributed by atoms with Crippen LogP contribution in [0.1, 0.15) is 39.2 Å². The first-order valence-electron chi connectivity index (χ1n) is 8.31. The Morgan fingerprint density at radius 2 is 1.50 bits per heavy atom. The van der Waals surface area contributed by atoms with E-state index in [0.29, 0.717) is 16.8 Å². The lowest BCUT2D eigenvalue weighted by Gasteiger charge is -2.16. The van der Waals surface area contributed by atoms with Gasteiger partial charge >= 0.3 is 0 Å². The van der Waals surface area contributed by atoms with E-state index in [1.165, 1.54) is 0 Å². The molecule has 0 aliphatic carbocycles. The Bertz CT molecular complexity index is 895. The second kappa shape index (κ2) is 8.07. The third-order valence-electron chi connectivity index (χ3n) is 4.01. The standard InChI is InChI=1S/C21H19N3O2/c1-15(16-7-3-2-4-8-16)23-21(26)18-9-5-6-10-19(18)24-20(25)17-11-13-22-14-12-17/h2-15H,1H3,(H,23,26)(H,24,25)/t15-/m0/s1. The molecule has 1 heterocycles. The van der Waals surface area contributed by atoms with E-state index in [2.05, 4.69) is 15.6 Å². The number of pyridine rings is 1. The van der Waals surface area contributed by atoms with Crippen LogP contribution in [0.5, 0.6) is 0 Å². The molecule has 5 nitrogen and oxygen atoms in total. The number of nitrogens with one attached hydrogen (secondary N) is 2. The van der Waals surface area contributed by atoms with Crippen LogP contribution in [-0.4, -0.2) is 16.8 Å². The van der Waals surface area contributed by atoms with Crippen molar-refractivity contribution in [1.29, 1.82) is 0 Å². The fourth-order valence-electron chi connectivity index (χ4n) is 2.59. The summed E-state index contributed by atoms with van der Waals surface area (Å²) in [6.07, 6.45) is 3.10. The van der Waals surface area contributed by atoms with Gasteiger partial charge in [0.15, 0.2) is 0 Å². The number of para-hydroxylation sites is 1. The van der Waals surface area contributed by atoms with Gasteiger partial charge < -0.3 is 10.6 Å². The summed E-state index contributed by atoms with van der Waals surface area (Å²) in [5, 5.41) is 5.76. The maximum absolute atomic E-state index is 12.7. The average molecular weight is 345 g/mol. The van der Waals surface area contributed by atoms with Crippen molar-refractivity contribution < 1.29 is 9.59 Å². The molecule has 0 unspecified atom stereocenters. The van der Waals surface area contributed by atoms with Crippen molar-refractivity contribution in [2.75, 3.05) is 5.32 Å². The number of benzene rings is 2. The van der Waals surface area contributed by atoms with Gasteiger partial charge in [-0.3, -0.25) is 14.6 Å². The van der Waals surface area contributed by atoms with Crippen molar-refractivity contribution in [3.8, 4) is 0 Å². The van der Waals surface area contributed by atoms with Gasteiger partial charge in [-0.2, -0.15) is 0 Å². The van der Waals surface area contributed by atoms with Gasteiger partial charge in [-0.05, 0) is 36.8 Å². The SMILES string of the molecule is C[C@H](NC(=O)c1ccccc1NC(=O)c1ccncc1)c1ccccc1. The molecule has 2 amide bonds. The smallest absolute Gasteiger partial charge is 0.255 e. The van der Waals surface area contributed by atoms with Gasteiger partial charge in [-0.1, -0.05) is 42.5 Å². The molecule has 0 spiro atoms. The molecule has 0 fully saturated rings. The van der Waals surface area contributed by atoms with E-state index >= 15 is 0 Å². The number of aromatic nitrogens is 1. The molecule has 26 heavy (non-hydrogen) atoms. The Morgan fingerprint density at radius 3 is 2.23 bits per heavy atom. The maximum atomic E-state index is 12.7. The van der Waals surface area contributed by atoms with Gasteiger partial charge in [0.1, 0.15) is 0 Å². The summed E-state index contributed by atoms with van der Waals surface area (Å²) in [4.78, 5) is 29.0. The predicted octanol–water partition coefficient (Wildman–Crippen LogP) is 3.82. The summed E-state index contributed by atoms with van der Waals surface area (Å²) in [5.41, 5.74) is 2.37. The summed E-state index contributed by atoms with van der Waals surface area (Å²) in [6, 6.07) is 19.8. The molecular weight excluding hydrogens is 326 g/mol. The lowest BCUT2D eigenvalue weighted by Crippen LogP contribution is -2.28. The fraction of sp³-hybridized carbons (Fsp3) is 0.0952. The van der Waals surface area contributed by atoms with E-state index in [9.17, 15) is 9.59 Å². The van der Waals surface area contributed by atoms with Gasteiger partial charge in [0.05, 0.1) is 17.3 Å². The van der Waals surface area contributed by atoms with Crippen molar-refractivity contribution in [3.05, 3.63) is 95.8 Å². The molecule has 130 valence electrons. The summed E-state index contributed by atoms with van der Waals surface area (Å²) >= 11 is 0. The minimum absolute atomic E-state index is 0.146. The molecular formula is C21H19N3O2. The van der Waals surface area contributed by atoms with E-state index in [-0.39, 0.29) is 17.9 Å². The van der Waals surface area contributed by atoms with E-state index < -0.39 is 0 Å². The minimum Gasteiger partial charge on any atom is -0.345 e. The molecule has 0 aliphatic rings. The lowest BCUT2D eigenvalue weighted by molar-refractivity contribution is 0.0941. The highest BCUT2D eigenvalue weighted by Gasteiger charge is 2.16. The van der Waals surface area contributed by atoms with Crippen molar-refractivity contribution in [1.82, 2.24) is 10.3 Å². The van der Waals surface area contributed by atoms with Crippen LogP contribution in [0, 0.1) is 0 Å². The molecule has 0 saturated carbocycles. The van der Waals surface area contributed by atoms with Crippen molar-refractivity contribution >= 4 is 17.5 Å². The summed E-state index contributed by atoms with van der Waals surface area (Å²) in [5.74, 6) is -0.532. The number of amides is 2. The van der Waals surface area contributed by atoms with Crippen LogP contribution in [0.15, 0.2) is 79.1 Å². The zero-order valence-corrected chi connectivity index (χ0v) is 14.3. The Balaban J connectivity index is 1.76. The van der Waals surface area contributed by atoms with Gasteiger partial charge in [-0.15, -0.1) is 0 Å². The van der Waals surface area contributed by atoms with Crippen LogP contribution in [0.2, 0.25) is 0 Å². The van der Waals surface area contributed by atoms with Crippen molar-refractivity contribution in [2.45, 2.75) is 13.0 Å². The molecule has 1 atom stereocenters. The first kappa shape index (κ1) is 17.4. The van der Waals surface area contributed by atoms with E-state index in [0.717, 1.165) is 5.56 Å². The lowest BCUT2D eigenvalue weighted by atomic mass is 10.1. The summed E-state index contributed by atoms with van der Waals surface area (Å²) in [6.45, 7) is 1.92. The highest BCUT2D eigenvalue weighted by molar-refractivity contribution is 6.09. The molecule has 2 aromatic carbocycles. The number of hydrogen-bond donors (Lipinski definition) is 2. The Labute approximate surface area is 152 Å². The molecule has 0 radical (unpaired) electrons. The van der Waals surface area contributed by atoms with E-state index in [1.807, 2.05) is 37.3 Å². The van der Waals surface area contributed by atoms with Gasteiger partial charge in [-0.25, -0.2) is 0 Å². The second-order valence-corrected chi connectivity index (χ2v) is 5.84. The normalized spacial score (nSPS) is 11.4. The van der Waals surface area contributed by atoms with Crippen molar-refractivity contribution in [3.63, 3.8) is 0 Å². The predicted molar refractivity (Wildman–Crippen MR) is 101 cm³/mol. The molecule has 3 rings (SSSR count). The quantitative estimate of drug-likeness (QED) is 0.738. The molecule has 5 heteroatoms. The topological polar surface area (TPSA) is 71.1 Å². The zero-order chi connectivity index (χ0) is 18.4. The van der Waals surface area contributed by atoms with Crippen LogP contribution in [0.25, 0.3) is 0 Å². The molecule has 0 bridgehead atoms. The summed E-state index contributed by atoms with van der Waals surface area (Å²) in [7, 11) is 0. The molecule has 3 aromatic rings. The molecule has 1 aromatic heterocycles. The van der Waals surface area contributed by atoms with Gasteiger partial charge in [0, 0.05) is 18.0 Å². The Morgan fingerprint density at radius 1 is 0.846 bits per heavy atom. The van der Waals surface area contributed by atoms with Crippen LogP contribution in [0.3, 0.4) is 0 Å². The third-order valence-corrected chi connectivity index (χ3v) is 4.01. The van der Waals surface area contributed by atoms with Gasteiger partial charge in [0.2, 0.25) is 0 Å². The monoisotopic (exact) mass is 345 g/mol. The minimum atomic E-state index is -0.288. The van der Waals surface area contributed by atoms with Gasteiger partial charge in [0.25, 0.3) is 11.8 Å². The van der Waals surface area contributed by atoms with Crippen LogP contribution in [0.4, 0.5) is 5.69 Å². The van der Waals surface area contributed by atoms with E-state index in [4.69, 9.17) is 0 Å². The Hall–Kier alpha value is -3.47. The highest BCUT2D eigenvalue weighted by atomic mass is 16.2. The highest BCUT2D eigenvalue weighted by Crippen LogP contribution is 2.18. The molecule has 0 saturated heterocycles. The fourth-order valence-corrected chi connectivity index (χ4v) is 2.59. The third kappa shape index (κ3) is 4.13. The van der Waals surface area contributed by atoms with Crippen LogP contribution >= 0.6 is 0 Å². The number of rotatable bonds is 5. The second-order valence-electron chi connectivity index (χ2n) is 5.84. The first-order valence-corrected chi connectivity index (χ1v) is 8.31. The molecule has 0 aliphatic heterocycles. The number of anilines is 1. The number of carbonyl (C=O) groups is 2. The van der Waals surface area contributed by atoms with Crippen LogP contribution < -0.4 is 10.6 Å². The Kier molecular flexibility index (Phi) is 5.39.